The van der Waals surface area contributed by atoms with Crippen LogP contribution < -0.4 is 0 Å². The molecule has 0 fully saturated rings. The predicted octanol–water partition coefficient (Wildman–Crippen LogP) is 4.58. The molecule has 0 unspecified atom stereocenters. The van der Waals surface area contributed by atoms with Crippen LogP contribution >= 0.6 is 0 Å². The van der Waals surface area contributed by atoms with E-state index in [1.54, 1.807) is 0 Å². The van der Waals surface area contributed by atoms with E-state index >= 15 is 0 Å². The summed E-state index contributed by atoms with van der Waals surface area (Å²) in [6.45, 7) is 16.0. The molecule has 0 aliphatic carbocycles. The molecule has 72 valence electrons. The molecule has 0 N–H and O–H groups in total. The zero-order valence-corrected chi connectivity index (χ0v) is 9.19. The van der Waals surface area contributed by atoms with Crippen LogP contribution in [0.1, 0.15) is 47.0 Å². The average molecular weight is 168 g/mol. The molecule has 0 saturated carbocycles. The molecular weight excluding hydrogens is 144 g/mol. The van der Waals surface area contributed by atoms with Crippen molar-refractivity contribution in [1.82, 2.24) is 0 Å². The normalized spacial score (nSPS) is 8.75. The first-order valence-electron chi connectivity index (χ1n) is 4.85. The summed E-state index contributed by atoms with van der Waals surface area (Å²) in [6, 6.07) is 0. The smallest absolute Gasteiger partial charge is 0.0330 e. The Morgan fingerprint density at radius 1 is 1.25 bits per heavy atom. The van der Waals surface area contributed by atoms with E-state index in [9.17, 15) is 0 Å². The Balaban J connectivity index is 0. The lowest BCUT2D eigenvalue weighted by Crippen LogP contribution is -1.78. The SMILES string of the molecule is C=C(CC)CC.C=CCC(C)C. The maximum absolute atomic E-state index is 3.79. The Morgan fingerprint density at radius 2 is 1.67 bits per heavy atom. The van der Waals surface area contributed by atoms with E-state index in [2.05, 4.69) is 40.9 Å². The Kier molecular flexibility index (Phi) is 12.3. The summed E-state index contributed by atoms with van der Waals surface area (Å²) in [6.07, 6.45) is 5.36. The molecule has 0 saturated heterocycles. The van der Waals surface area contributed by atoms with Gasteiger partial charge in [-0.2, -0.15) is 0 Å². The number of hydrogen-bond acceptors (Lipinski definition) is 0. The van der Waals surface area contributed by atoms with Gasteiger partial charge in [0.05, 0.1) is 0 Å². The van der Waals surface area contributed by atoms with Crippen LogP contribution in [-0.4, -0.2) is 0 Å². The fourth-order valence-electron chi connectivity index (χ4n) is 0.583. The van der Waals surface area contributed by atoms with Crippen molar-refractivity contribution in [3.63, 3.8) is 0 Å². The Labute approximate surface area is 78.4 Å². The highest BCUT2D eigenvalue weighted by atomic mass is 13.9. The van der Waals surface area contributed by atoms with Crippen LogP contribution in [0.15, 0.2) is 24.8 Å². The van der Waals surface area contributed by atoms with Crippen LogP contribution in [0.25, 0.3) is 0 Å². The highest BCUT2D eigenvalue weighted by Crippen LogP contribution is 1.98. The molecule has 0 heterocycles. The molecule has 0 aromatic carbocycles. The van der Waals surface area contributed by atoms with Crippen molar-refractivity contribution in [1.29, 1.82) is 0 Å². The Bertz CT molecular complexity index is 103. The first-order chi connectivity index (χ1) is 5.58. The lowest BCUT2D eigenvalue weighted by atomic mass is 10.1. The summed E-state index contributed by atoms with van der Waals surface area (Å²) < 4.78 is 0. The zero-order valence-electron chi connectivity index (χ0n) is 9.19. The highest BCUT2D eigenvalue weighted by molar-refractivity contribution is 4.89. The number of hydrogen-bond donors (Lipinski definition) is 0. The molecular formula is C12H24. The van der Waals surface area contributed by atoms with Crippen molar-refractivity contribution in [2.24, 2.45) is 5.92 Å². The summed E-state index contributed by atoms with van der Waals surface area (Å²) in [5.41, 5.74) is 1.34. The first kappa shape index (κ1) is 14.0. The quantitative estimate of drug-likeness (QED) is 0.539. The second-order valence-electron chi connectivity index (χ2n) is 3.38. The van der Waals surface area contributed by atoms with Crippen molar-refractivity contribution in [2.75, 3.05) is 0 Å². The second-order valence-corrected chi connectivity index (χ2v) is 3.38. The molecule has 0 heteroatoms. The van der Waals surface area contributed by atoms with Crippen molar-refractivity contribution >= 4 is 0 Å². The van der Waals surface area contributed by atoms with Gasteiger partial charge in [-0.3, -0.25) is 0 Å². The fraction of sp³-hybridized carbons (Fsp3) is 0.667. The molecule has 0 radical (unpaired) electrons. The molecule has 0 bridgehead atoms. The summed E-state index contributed by atoms with van der Waals surface area (Å²) in [7, 11) is 0. The third-order valence-electron chi connectivity index (χ3n) is 1.64. The average Bonchev–Trinajstić information content (AvgIpc) is 2.04. The van der Waals surface area contributed by atoms with Gasteiger partial charge in [-0.05, 0) is 25.2 Å². The van der Waals surface area contributed by atoms with Crippen LogP contribution in [0, 0.1) is 5.92 Å². The van der Waals surface area contributed by atoms with E-state index in [0.717, 1.165) is 25.2 Å². The zero-order chi connectivity index (χ0) is 9.98. The molecule has 0 atom stereocenters. The topological polar surface area (TPSA) is 0 Å². The van der Waals surface area contributed by atoms with E-state index in [1.807, 2.05) is 6.08 Å². The maximum Gasteiger partial charge on any atom is -0.0330 e. The summed E-state index contributed by atoms with van der Waals surface area (Å²) in [5.74, 6) is 0.780. The van der Waals surface area contributed by atoms with Crippen molar-refractivity contribution in [2.45, 2.75) is 47.0 Å². The Morgan fingerprint density at radius 3 is 1.67 bits per heavy atom. The maximum atomic E-state index is 3.79. The van der Waals surface area contributed by atoms with Gasteiger partial charge in [0.15, 0.2) is 0 Å². The van der Waals surface area contributed by atoms with Gasteiger partial charge < -0.3 is 0 Å². The van der Waals surface area contributed by atoms with Gasteiger partial charge in [-0.25, -0.2) is 0 Å². The first-order valence-corrected chi connectivity index (χ1v) is 4.85. The van der Waals surface area contributed by atoms with E-state index in [4.69, 9.17) is 0 Å². The van der Waals surface area contributed by atoms with Gasteiger partial charge >= 0.3 is 0 Å². The fourth-order valence-corrected chi connectivity index (χ4v) is 0.583. The van der Waals surface area contributed by atoms with Crippen molar-refractivity contribution < 1.29 is 0 Å². The van der Waals surface area contributed by atoms with E-state index in [-0.39, 0.29) is 0 Å². The Hall–Kier alpha value is -0.520. The van der Waals surface area contributed by atoms with Gasteiger partial charge in [-0.1, -0.05) is 45.9 Å². The monoisotopic (exact) mass is 168 g/mol. The molecule has 0 nitrogen and oxygen atoms in total. The molecule has 0 aromatic heterocycles. The molecule has 0 aliphatic heterocycles. The number of rotatable bonds is 4. The summed E-state index contributed by atoms with van der Waals surface area (Å²) in [5, 5.41) is 0. The van der Waals surface area contributed by atoms with Crippen LogP contribution in [0.3, 0.4) is 0 Å². The van der Waals surface area contributed by atoms with Crippen LogP contribution in [-0.2, 0) is 0 Å². The van der Waals surface area contributed by atoms with Crippen LogP contribution in [0.5, 0.6) is 0 Å². The molecule has 0 aromatic rings. The number of allylic oxidation sites excluding steroid dienone is 2. The van der Waals surface area contributed by atoms with Gasteiger partial charge in [0, 0.05) is 0 Å². The lowest BCUT2D eigenvalue weighted by Gasteiger charge is -1.92. The van der Waals surface area contributed by atoms with Crippen LogP contribution in [0.4, 0.5) is 0 Å². The third-order valence-corrected chi connectivity index (χ3v) is 1.64. The minimum atomic E-state index is 0.780. The standard InChI is InChI=1S/2C6H12/c1-4-5-6(2)3;1-4-6(3)5-2/h4,6H,1,5H2,2-3H3;3-5H2,1-2H3. The summed E-state index contributed by atoms with van der Waals surface area (Å²) in [4.78, 5) is 0. The van der Waals surface area contributed by atoms with Gasteiger partial charge in [0.1, 0.15) is 0 Å². The van der Waals surface area contributed by atoms with Gasteiger partial charge in [0.25, 0.3) is 0 Å². The minimum Gasteiger partial charge on any atom is -0.103 e. The molecule has 0 amide bonds. The van der Waals surface area contributed by atoms with E-state index in [1.165, 1.54) is 5.57 Å². The molecule has 12 heavy (non-hydrogen) atoms. The van der Waals surface area contributed by atoms with Crippen molar-refractivity contribution in [3.8, 4) is 0 Å². The minimum absolute atomic E-state index is 0.780. The van der Waals surface area contributed by atoms with Crippen molar-refractivity contribution in [3.05, 3.63) is 24.8 Å². The molecule has 0 spiro atoms. The van der Waals surface area contributed by atoms with E-state index < -0.39 is 0 Å². The third kappa shape index (κ3) is 16.2. The molecule has 0 rings (SSSR count). The van der Waals surface area contributed by atoms with E-state index in [0.29, 0.717) is 0 Å². The lowest BCUT2D eigenvalue weighted by molar-refractivity contribution is 0.664. The predicted molar refractivity (Wildman–Crippen MR) is 59.4 cm³/mol. The molecule has 0 aliphatic rings. The van der Waals surface area contributed by atoms with Crippen LogP contribution in [0.2, 0.25) is 0 Å². The largest absolute Gasteiger partial charge is 0.103 e. The second kappa shape index (κ2) is 10.5. The van der Waals surface area contributed by atoms with Gasteiger partial charge in [0.2, 0.25) is 0 Å². The van der Waals surface area contributed by atoms with Gasteiger partial charge in [-0.15, -0.1) is 6.58 Å². The highest BCUT2D eigenvalue weighted by Gasteiger charge is 1.82. The summed E-state index contributed by atoms with van der Waals surface area (Å²) >= 11 is 0.